The van der Waals surface area contributed by atoms with Gasteiger partial charge in [0.25, 0.3) is 0 Å². The van der Waals surface area contributed by atoms with E-state index >= 15 is 0 Å². The predicted molar refractivity (Wildman–Crippen MR) is 88.0 cm³/mol. The molecule has 0 unspecified atom stereocenters. The number of allylic oxidation sites excluding steroid dienone is 3. The van der Waals surface area contributed by atoms with Crippen molar-refractivity contribution >= 4 is 13.9 Å². The Hall–Kier alpha value is -1.07. The molecule has 0 spiro atoms. The van der Waals surface area contributed by atoms with Crippen LogP contribution in [0.3, 0.4) is 0 Å². The van der Waals surface area contributed by atoms with E-state index in [1.807, 2.05) is 12.2 Å². The molecular formula is C18H26OSi. The first kappa shape index (κ1) is 15.3. The Balaban J connectivity index is 2.49. The molecule has 2 aliphatic carbocycles. The molecule has 0 aromatic rings. The molecule has 0 aliphatic heterocycles. The van der Waals surface area contributed by atoms with Crippen LogP contribution in [0.25, 0.3) is 0 Å². The van der Waals surface area contributed by atoms with Crippen LogP contribution in [-0.4, -0.2) is 13.9 Å². The van der Waals surface area contributed by atoms with Gasteiger partial charge in [-0.1, -0.05) is 63.7 Å². The van der Waals surface area contributed by atoms with E-state index in [0.29, 0.717) is 18.1 Å². The maximum Gasteiger partial charge on any atom is 0.155 e. The van der Waals surface area contributed by atoms with Gasteiger partial charge < -0.3 is 0 Å². The minimum Gasteiger partial charge on any atom is -0.298 e. The third kappa shape index (κ3) is 2.98. The second-order valence-corrected chi connectivity index (χ2v) is 13.0. The summed E-state index contributed by atoms with van der Waals surface area (Å²) in [5.74, 6) is 4.04. The van der Waals surface area contributed by atoms with Gasteiger partial charge in [-0.25, -0.2) is 0 Å². The van der Waals surface area contributed by atoms with Gasteiger partial charge in [0.15, 0.2) is 5.78 Å². The summed E-state index contributed by atoms with van der Waals surface area (Å²) in [7, 11) is -1.47. The molecule has 20 heavy (non-hydrogen) atoms. The number of ketones is 1. The Bertz CT molecular complexity index is 536. The lowest BCUT2D eigenvalue weighted by atomic mass is 9.55. The summed E-state index contributed by atoms with van der Waals surface area (Å²) in [6, 6.07) is 0. The zero-order valence-electron chi connectivity index (χ0n) is 13.5. The summed E-state index contributed by atoms with van der Waals surface area (Å²) >= 11 is 0. The van der Waals surface area contributed by atoms with Gasteiger partial charge >= 0.3 is 0 Å². The maximum atomic E-state index is 12.8. The summed E-state index contributed by atoms with van der Waals surface area (Å²) in [6.45, 7) is 15.2. The fraction of sp³-hybridized carbons (Fsp3) is 0.611. The Morgan fingerprint density at radius 1 is 1.35 bits per heavy atom. The second-order valence-electron chi connectivity index (χ2n) is 8.23. The molecule has 2 heteroatoms. The first-order valence-electron chi connectivity index (χ1n) is 7.49. The van der Waals surface area contributed by atoms with Gasteiger partial charge in [-0.15, -0.1) is 5.54 Å². The first-order chi connectivity index (χ1) is 9.04. The van der Waals surface area contributed by atoms with Crippen molar-refractivity contribution in [1.82, 2.24) is 0 Å². The van der Waals surface area contributed by atoms with E-state index in [0.717, 1.165) is 18.4 Å². The molecule has 108 valence electrons. The van der Waals surface area contributed by atoms with E-state index in [-0.39, 0.29) is 5.41 Å². The van der Waals surface area contributed by atoms with Crippen LogP contribution < -0.4 is 0 Å². The summed E-state index contributed by atoms with van der Waals surface area (Å²) < 4.78 is 0. The molecule has 0 heterocycles. The van der Waals surface area contributed by atoms with Crippen LogP contribution in [0.1, 0.15) is 33.1 Å². The van der Waals surface area contributed by atoms with Crippen molar-refractivity contribution in [3.05, 3.63) is 24.3 Å². The van der Waals surface area contributed by atoms with Crippen molar-refractivity contribution in [3.63, 3.8) is 0 Å². The summed E-state index contributed by atoms with van der Waals surface area (Å²) in [6.07, 6.45) is 6.68. The third-order valence-corrected chi connectivity index (χ3v) is 5.15. The van der Waals surface area contributed by atoms with Crippen LogP contribution in [0.5, 0.6) is 0 Å². The minimum atomic E-state index is -1.47. The molecule has 0 aromatic heterocycles. The van der Waals surface area contributed by atoms with Crippen molar-refractivity contribution in [3.8, 4) is 11.5 Å². The predicted octanol–water partition coefficient (Wildman–Crippen LogP) is 4.38. The smallest absolute Gasteiger partial charge is 0.155 e. The quantitative estimate of drug-likeness (QED) is 0.477. The lowest BCUT2D eigenvalue weighted by molar-refractivity contribution is -0.132. The van der Waals surface area contributed by atoms with Gasteiger partial charge in [0.2, 0.25) is 0 Å². The molecule has 0 N–H and O–H groups in total. The highest BCUT2D eigenvalue weighted by Gasteiger charge is 2.50. The maximum absolute atomic E-state index is 12.8. The van der Waals surface area contributed by atoms with Crippen molar-refractivity contribution in [1.29, 1.82) is 0 Å². The number of Topliss-reactive ketones (excluding diaryl/α,β-unsaturated/α-hetero) is 1. The summed E-state index contributed by atoms with van der Waals surface area (Å²) in [4.78, 5) is 12.8. The summed E-state index contributed by atoms with van der Waals surface area (Å²) in [5.41, 5.74) is 4.14. The highest BCUT2D eigenvalue weighted by molar-refractivity contribution is 6.83. The zero-order valence-corrected chi connectivity index (χ0v) is 14.5. The molecule has 0 bridgehead atoms. The molecule has 1 nitrogen and oxygen atoms in total. The molecule has 0 amide bonds. The average Bonchev–Trinajstić information content (AvgIpc) is 2.24. The highest BCUT2D eigenvalue weighted by Crippen LogP contribution is 2.51. The number of hydrogen-bond acceptors (Lipinski definition) is 1. The molecule has 1 saturated carbocycles. The van der Waals surface area contributed by atoms with Crippen molar-refractivity contribution < 1.29 is 4.79 Å². The molecule has 0 radical (unpaired) electrons. The normalized spacial score (nSPS) is 32.4. The Morgan fingerprint density at radius 2 is 2.00 bits per heavy atom. The van der Waals surface area contributed by atoms with Gasteiger partial charge in [-0.05, 0) is 24.2 Å². The minimum absolute atomic E-state index is 0.0948. The van der Waals surface area contributed by atoms with Gasteiger partial charge in [0.05, 0.1) is 0 Å². The van der Waals surface area contributed by atoms with E-state index in [2.05, 4.69) is 51.5 Å². The Kier molecular flexibility index (Phi) is 3.63. The second kappa shape index (κ2) is 4.74. The molecule has 1 fully saturated rings. The fourth-order valence-corrected chi connectivity index (χ4v) is 3.89. The van der Waals surface area contributed by atoms with Gasteiger partial charge in [-0.2, -0.15) is 0 Å². The SMILES string of the molecule is C=C1C=C[C@]2(C#C[Si](C)(C)C)C(=O)CC(C)(C)C[C@@H]2C1. The fourth-order valence-electron chi connectivity index (χ4n) is 3.31. The lowest BCUT2D eigenvalue weighted by Gasteiger charge is -2.46. The lowest BCUT2D eigenvalue weighted by Crippen LogP contribution is -2.46. The number of carbonyl (C=O) groups is 1. The number of fused-ring (bicyclic) bond motifs is 1. The molecule has 2 rings (SSSR count). The van der Waals surface area contributed by atoms with Crippen LogP contribution >= 0.6 is 0 Å². The van der Waals surface area contributed by atoms with Crippen molar-refractivity contribution in [2.75, 3.05) is 0 Å². The third-order valence-electron chi connectivity index (χ3n) is 4.28. The molecule has 2 atom stereocenters. The van der Waals surface area contributed by atoms with E-state index in [9.17, 15) is 4.79 Å². The Labute approximate surface area is 124 Å². The van der Waals surface area contributed by atoms with Crippen LogP contribution in [0.2, 0.25) is 19.6 Å². The number of carbonyl (C=O) groups excluding carboxylic acids is 1. The topological polar surface area (TPSA) is 17.1 Å². The Morgan fingerprint density at radius 3 is 2.60 bits per heavy atom. The van der Waals surface area contributed by atoms with Crippen molar-refractivity contribution in [2.24, 2.45) is 16.7 Å². The van der Waals surface area contributed by atoms with Gasteiger partial charge in [-0.3, -0.25) is 4.79 Å². The monoisotopic (exact) mass is 286 g/mol. The average molecular weight is 286 g/mol. The van der Waals surface area contributed by atoms with Gasteiger partial charge in [0.1, 0.15) is 13.5 Å². The molecule has 2 aliphatic rings. The van der Waals surface area contributed by atoms with Crippen LogP contribution in [0, 0.1) is 28.2 Å². The zero-order chi connectivity index (χ0) is 15.2. The highest BCUT2D eigenvalue weighted by atomic mass is 28.3. The number of hydrogen-bond donors (Lipinski definition) is 0. The van der Waals surface area contributed by atoms with Crippen molar-refractivity contribution in [2.45, 2.75) is 52.8 Å². The molecular weight excluding hydrogens is 260 g/mol. The van der Waals surface area contributed by atoms with Crippen LogP contribution in [-0.2, 0) is 4.79 Å². The molecule has 0 saturated heterocycles. The van der Waals surface area contributed by atoms with E-state index in [1.54, 1.807) is 0 Å². The van der Waals surface area contributed by atoms with Crippen LogP contribution in [0.4, 0.5) is 0 Å². The van der Waals surface area contributed by atoms with E-state index < -0.39 is 13.5 Å². The summed E-state index contributed by atoms with van der Waals surface area (Å²) in [5, 5.41) is 0. The van der Waals surface area contributed by atoms with E-state index in [1.165, 1.54) is 0 Å². The van der Waals surface area contributed by atoms with Crippen LogP contribution in [0.15, 0.2) is 24.3 Å². The standard InChI is InChI=1S/C18H26OSi/c1-14-7-8-18(9-10-20(4,5)6)15(11-14)12-17(2,3)13-16(18)19/h7-8,15H,1,11-13H2,2-6H3/t15-,18+/m0/s1. The first-order valence-corrected chi connectivity index (χ1v) is 11.0. The largest absolute Gasteiger partial charge is 0.298 e. The number of rotatable bonds is 0. The molecule has 0 aromatic carbocycles. The van der Waals surface area contributed by atoms with Gasteiger partial charge in [0, 0.05) is 6.42 Å². The van der Waals surface area contributed by atoms with E-state index in [4.69, 9.17) is 0 Å².